The molecule has 0 unspecified atom stereocenters. The Bertz CT molecular complexity index is 436. The van der Waals surface area contributed by atoms with Gasteiger partial charge in [0.05, 0.1) is 5.60 Å². The summed E-state index contributed by atoms with van der Waals surface area (Å²) in [5.74, 6) is 0. The fourth-order valence-corrected chi connectivity index (χ4v) is 3.03. The number of nitrogens with zero attached hydrogens (tertiary/aromatic N) is 1. The maximum Gasteiger partial charge on any atom is 0.0770 e. The zero-order chi connectivity index (χ0) is 14.0. The second kappa shape index (κ2) is 5.51. The summed E-state index contributed by atoms with van der Waals surface area (Å²) in [6.07, 6.45) is 3.64. The Hall–Kier alpha value is -1.06. The second-order valence-corrected chi connectivity index (χ2v) is 6.06. The number of anilines is 1. The van der Waals surface area contributed by atoms with Crippen molar-refractivity contribution >= 4 is 5.69 Å². The fourth-order valence-electron chi connectivity index (χ4n) is 3.03. The Morgan fingerprint density at radius 2 is 1.95 bits per heavy atom. The van der Waals surface area contributed by atoms with Crippen LogP contribution in [-0.2, 0) is 0 Å². The first kappa shape index (κ1) is 14.4. The molecule has 0 heterocycles. The molecule has 3 heteroatoms. The van der Waals surface area contributed by atoms with Crippen LogP contribution in [0.25, 0.3) is 0 Å². The number of hydrogen-bond donors (Lipinski definition) is 2. The highest BCUT2D eigenvalue weighted by atomic mass is 16.3. The number of aryl methyl sites for hydroxylation is 2. The molecule has 0 atom stereocenters. The molecule has 19 heavy (non-hydrogen) atoms. The minimum atomic E-state index is -0.626. The van der Waals surface area contributed by atoms with E-state index in [-0.39, 0.29) is 0 Å². The summed E-state index contributed by atoms with van der Waals surface area (Å²) in [6, 6.07) is 7.09. The maximum absolute atomic E-state index is 10.2. The van der Waals surface area contributed by atoms with E-state index in [2.05, 4.69) is 44.0 Å². The van der Waals surface area contributed by atoms with Crippen molar-refractivity contribution in [2.75, 3.05) is 18.5 Å². The fraction of sp³-hybridized carbons (Fsp3) is 0.625. The molecule has 1 aromatic carbocycles. The van der Waals surface area contributed by atoms with Crippen molar-refractivity contribution in [2.24, 2.45) is 5.73 Å². The minimum absolute atomic E-state index is 0.382. The van der Waals surface area contributed by atoms with Gasteiger partial charge in [-0.25, -0.2) is 0 Å². The van der Waals surface area contributed by atoms with Gasteiger partial charge in [-0.3, -0.25) is 0 Å². The van der Waals surface area contributed by atoms with Gasteiger partial charge in [0.1, 0.15) is 0 Å². The first-order valence-corrected chi connectivity index (χ1v) is 7.18. The lowest BCUT2D eigenvalue weighted by Crippen LogP contribution is -2.46. The Morgan fingerprint density at radius 3 is 2.53 bits per heavy atom. The van der Waals surface area contributed by atoms with Gasteiger partial charge in [-0.05, 0) is 56.7 Å². The quantitative estimate of drug-likeness (QED) is 0.879. The summed E-state index contributed by atoms with van der Waals surface area (Å²) in [6.45, 7) is 4.67. The first-order valence-electron chi connectivity index (χ1n) is 7.18. The molecule has 1 fully saturated rings. The van der Waals surface area contributed by atoms with Crippen LogP contribution in [0.15, 0.2) is 18.2 Å². The highest BCUT2D eigenvalue weighted by Gasteiger charge is 2.33. The average molecular weight is 262 g/mol. The van der Waals surface area contributed by atoms with Crippen molar-refractivity contribution in [3.63, 3.8) is 0 Å². The molecule has 0 saturated heterocycles. The van der Waals surface area contributed by atoms with Gasteiger partial charge in [-0.1, -0.05) is 12.1 Å². The van der Waals surface area contributed by atoms with Crippen molar-refractivity contribution in [2.45, 2.75) is 51.2 Å². The summed E-state index contributed by atoms with van der Waals surface area (Å²) in [5.41, 5.74) is 8.94. The van der Waals surface area contributed by atoms with Crippen LogP contribution in [0.2, 0.25) is 0 Å². The lowest BCUT2D eigenvalue weighted by Gasteiger charge is -2.40. The van der Waals surface area contributed by atoms with Crippen molar-refractivity contribution in [1.82, 2.24) is 0 Å². The molecule has 3 nitrogen and oxygen atoms in total. The second-order valence-electron chi connectivity index (χ2n) is 6.06. The standard InChI is InChI=1S/C16H26N2O/c1-12-4-5-13(2)15(10-12)18(3)14-6-8-16(19,11-17)9-7-14/h4-5,10,14,19H,6-9,11,17H2,1-3H3. The van der Waals surface area contributed by atoms with Gasteiger partial charge in [-0.15, -0.1) is 0 Å². The van der Waals surface area contributed by atoms with Crippen LogP contribution in [-0.4, -0.2) is 30.3 Å². The zero-order valence-corrected chi connectivity index (χ0v) is 12.3. The molecule has 0 radical (unpaired) electrons. The van der Waals surface area contributed by atoms with Gasteiger partial charge in [0.25, 0.3) is 0 Å². The smallest absolute Gasteiger partial charge is 0.0770 e. The Balaban J connectivity index is 2.09. The van der Waals surface area contributed by atoms with E-state index in [0.717, 1.165) is 25.7 Å². The van der Waals surface area contributed by atoms with Crippen LogP contribution in [0.3, 0.4) is 0 Å². The van der Waals surface area contributed by atoms with E-state index in [4.69, 9.17) is 5.73 Å². The predicted molar refractivity (Wildman–Crippen MR) is 80.6 cm³/mol. The molecule has 3 N–H and O–H groups in total. The third kappa shape index (κ3) is 3.10. The van der Waals surface area contributed by atoms with Crippen LogP contribution in [0.1, 0.15) is 36.8 Å². The molecule has 0 aromatic heterocycles. The minimum Gasteiger partial charge on any atom is -0.389 e. The van der Waals surface area contributed by atoms with Crippen LogP contribution in [0.5, 0.6) is 0 Å². The van der Waals surface area contributed by atoms with E-state index in [1.807, 2.05) is 0 Å². The SMILES string of the molecule is Cc1ccc(C)c(N(C)C2CCC(O)(CN)CC2)c1. The Kier molecular flexibility index (Phi) is 4.16. The van der Waals surface area contributed by atoms with Gasteiger partial charge >= 0.3 is 0 Å². The Morgan fingerprint density at radius 1 is 1.32 bits per heavy atom. The zero-order valence-electron chi connectivity index (χ0n) is 12.3. The van der Waals surface area contributed by atoms with E-state index in [9.17, 15) is 5.11 Å². The van der Waals surface area contributed by atoms with Gasteiger partial charge in [0.15, 0.2) is 0 Å². The van der Waals surface area contributed by atoms with Gasteiger partial charge in [-0.2, -0.15) is 0 Å². The topological polar surface area (TPSA) is 49.5 Å². The highest BCUT2D eigenvalue weighted by molar-refractivity contribution is 5.55. The first-order chi connectivity index (χ1) is 8.95. The average Bonchev–Trinajstić information content (AvgIpc) is 2.42. The van der Waals surface area contributed by atoms with Crippen LogP contribution in [0, 0.1) is 13.8 Å². The number of rotatable bonds is 3. The maximum atomic E-state index is 10.2. The van der Waals surface area contributed by atoms with E-state index in [0.29, 0.717) is 12.6 Å². The van der Waals surface area contributed by atoms with Gasteiger partial charge in [0, 0.05) is 25.3 Å². The van der Waals surface area contributed by atoms with E-state index in [1.165, 1.54) is 16.8 Å². The normalized spacial score (nSPS) is 27.3. The van der Waals surface area contributed by atoms with E-state index < -0.39 is 5.60 Å². The summed E-state index contributed by atoms with van der Waals surface area (Å²) in [7, 11) is 2.17. The third-order valence-corrected chi connectivity index (χ3v) is 4.56. The van der Waals surface area contributed by atoms with E-state index in [1.54, 1.807) is 0 Å². The van der Waals surface area contributed by atoms with Gasteiger partial charge < -0.3 is 15.7 Å². The molecule has 1 aliphatic carbocycles. The molecule has 2 rings (SSSR count). The number of aliphatic hydroxyl groups is 1. The monoisotopic (exact) mass is 262 g/mol. The predicted octanol–water partition coefficient (Wildman–Crippen LogP) is 2.37. The molecule has 1 saturated carbocycles. The van der Waals surface area contributed by atoms with Crippen molar-refractivity contribution in [3.8, 4) is 0 Å². The summed E-state index contributed by atoms with van der Waals surface area (Å²) < 4.78 is 0. The van der Waals surface area contributed by atoms with Crippen molar-refractivity contribution < 1.29 is 5.11 Å². The molecule has 1 aliphatic rings. The van der Waals surface area contributed by atoms with Gasteiger partial charge in [0.2, 0.25) is 0 Å². The molecule has 0 spiro atoms. The largest absolute Gasteiger partial charge is 0.389 e. The third-order valence-electron chi connectivity index (χ3n) is 4.56. The summed E-state index contributed by atoms with van der Waals surface area (Å²) >= 11 is 0. The molecular formula is C16H26N2O. The molecule has 1 aromatic rings. The molecular weight excluding hydrogens is 236 g/mol. The molecule has 0 bridgehead atoms. The van der Waals surface area contributed by atoms with E-state index >= 15 is 0 Å². The van der Waals surface area contributed by atoms with Crippen LogP contribution < -0.4 is 10.6 Å². The highest BCUT2D eigenvalue weighted by Crippen LogP contribution is 2.33. The summed E-state index contributed by atoms with van der Waals surface area (Å²) in [4.78, 5) is 2.37. The Labute approximate surface area is 116 Å². The lowest BCUT2D eigenvalue weighted by molar-refractivity contribution is 0.00799. The molecule has 106 valence electrons. The van der Waals surface area contributed by atoms with Crippen LogP contribution in [0.4, 0.5) is 5.69 Å². The van der Waals surface area contributed by atoms with Crippen molar-refractivity contribution in [3.05, 3.63) is 29.3 Å². The summed E-state index contributed by atoms with van der Waals surface area (Å²) in [5, 5.41) is 10.2. The van der Waals surface area contributed by atoms with Crippen LogP contribution >= 0.6 is 0 Å². The van der Waals surface area contributed by atoms with Crippen molar-refractivity contribution in [1.29, 1.82) is 0 Å². The number of benzene rings is 1. The molecule has 0 aliphatic heterocycles. The lowest BCUT2D eigenvalue weighted by atomic mass is 9.81. The number of nitrogens with two attached hydrogens (primary N) is 1. The number of hydrogen-bond acceptors (Lipinski definition) is 3. The molecule has 0 amide bonds.